The highest BCUT2D eigenvalue weighted by atomic mass is 16.5. The highest BCUT2D eigenvalue weighted by Gasteiger charge is 2.32. The molecule has 2 aliphatic rings. The number of piperazine rings is 1. The summed E-state index contributed by atoms with van der Waals surface area (Å²) in [4.78, 5) is 26.5. The summed E-state index contributed by atoms with van der Waals surface area (Å²) >= 11 is 0. The highest BCUT2D eigenvalue weighted by Crippen LogP contribution is 2.27. The Kier molecular flexibility index (Phi) is 7.94. The number of ether oxygens (including phenoxy) is 2. The molecule has 7 heteroatoms. The van der Waals surface area contributed by atoms with E-state index in [1.165, 1.54) is 0 Å². The molecule has 7 nitrogen and oxygen atoms in total. The van der Waals surface area contributed by atoms with E-state index in [0.29, 0.717) is 13.2 Å². The molecule has 1 heterocycles. The molecule has 1 aliphatic heterocycles. The SMILES string of the molecule is COCCOCC(=O)NC1CCC(C(=O)N2CCNC[C@@H]2C)CC1. The molecule has 1 atom stereocenters. The van der Waals surface area contributed by atoms with Gasteiger partial charge in [-0.25, -0.2) is 0 Å². The molecule has 0 spiro atoms. The van der Waals surface area contributed by atoms with Crippen molar-refractivity contribution in [1.29, 1.82) is 0 Å². The molecule has 138 valence electrons. The third-order valence-corrected chi connectivity index (χ3v) is 4.89. The van der Waals surface area contributed by atoms with Crippen LogP contribution in [-0.2, 0) is 19.1 Å². The minimum atomic E-state index is -0.0865. The number of amides is 2. The summed E-state index contributed by atoms with van der Waals surface area (Å²) in [5.41, 5.74) is 0. The third-order valence-electron chi connectivity index (χ3n) is 4.89. The van der Waals surface area contributed by atoms with Crippen LogP contribution in [0.4, 0.5) is 0 Å². The Morgan fingerprint density at radius 1 is 1.21 bits per heavy atom. The topological polar surface area (TPSA) is 79.9 Å². The smallest absolute Gasteiger partial charge is 0.246 e. The van der Waals surface area contributed by atoms with Crippen molar-refractivity contribution in [1.82, 2.24) is 15.5 Å². The summed E-state index contributed by atoms with van der Waals surface area (Å²) in [5.74, 6) is 0.310. The van der Waals surface area contributed by atoms with Gasteiger partial charge in [-0.3, -0.25) is 9.59 Å². The van der Waals surface area contributed by atoms with Crippen molar-refractivity contribution in [3.8, 4) is 0 Å². The van der Waals surface area contributed by atoms with Crippen molar-refractivity contribution in [3.63, 3.8) is 0 Å². The van der Waals surface area contributed by atoms with Gasteiger partial charge >= 0.3 is 0 Å². The zero-order valence-corrected chi connectivity index (χ0v) is 14.9. The van der Waals surface area contributed by atoms with Crippen molar-refractivity contribution >= 4 is 11.8 Å². The highest BCUT2D eigenvalue weighted by molar-refractivity contribution is 5.80. The average Bonchev–Trinajstić information content (AvgIpc) is 2.59. The van der Waals surface area contributed by atoms with Gasteiger partial charge in [0.15, 0.2) is 0 Å². The van der Waals surface area contributed by atoms with Crippen molar-refractivity contribution in [2.24, 2.45) is 5.92 Å². The Labute approximate surface area is 144 Å². The number of rotatable bonds is 7. The summed E-state index contributed by atoms with van der Waals surface area (Å²) in [7, 11) is 1.60. The zero-order valence-electron chi connectivity index (χ0n) is 14.9. The molecule has 2 N–H and O–H groups in total. The first-order valence-corrected chi connectivity index (χ1v) is 8.99. The van der Waals surface area contributed by atoms with Crippen LogP contribution in [0, 0.1) is 5.92 Å². The molecule has 0 radical (unpaired) electrons. The molecule has 2 fully saturated rings. The third kappa shape index (κ3) is 5.72. The molecule has 0 bridgehead atoms. The molecular weight excluding hydrogens is 310 g/mol. The number of methoxy groups -OCH3 is 1. The first-order chi connectivity index (χ1) is 11.6. The van der Waals surface area contributed by atoms with E-state index in [1.807, 2.05) is 4.90 Å². The molecule has 24 heavy (non-hydrogen) atoms. The Morgan fingerprint density at radius 3 is 2.62 bits per heavy atom. The second kappa shape index (κ2) is 9.96. The van der Waals surface area contributed by atoms with Crippen LogP contribution in [0.5, 0.6) is 0 Å². The van der Waals surface area contributed by atoms with Crippen molar-refractivity contribution in [2.45, 2.75) is 44.7 Å². The lowest BCUT2D eigenvalue weighted by atomic mass is 9.84. The van der Waals surface area contributed by atoms with E-state index in [2.05, 4.69) is 17.6 Å². The Balaban J connectivity index is 1.67. The van der Waals surface area contributed by atoms with Crippen LogP contribution < -0.4 is 10.6 Å². The maximum absolute atomic E-state index is 12.7. The molecule has 0 unspecified atom stereocenters. The fourth-order valence-electron chi connectivity index (χ4n) is 3.46. The van der Waals surface area contributed by atoms with Gasteiger partial charge in [0.05, 0.1) is 13.2 Å². The maximum Gasteiger partial charge on any atom is 0.246 e. The van der Waals surface area contributed by atoms with Gasteiger partial charge in [-0.05, 0) is 32.6 Å². The number of hydrogen-bond donors (Lipinski definition) is 2. The van der Waals surface area contributed by atoms with Crippen LogP contribution >= 0.6 is 0 Å². The van der Waals surface area contributed by atoms with Gasteiger partial charge in [-0.2, -0.15) is 0 Å². The first-order valence-electron chi connectivity index (χ1n) is 8.99. The van der Waals surface area contributed by atoms with Gasteiger partial charge in [0, 0.05) is 44.7 Å². The number of nitrogens with one attached hydrogen (secondary N) is 2. The van der Waals surface area contributed by atoms with Crippen LogP contribution in [0.2, 0.25) is 0 Å². The van der Waals surface area contributed by atoms with Crippen LogP contribution in [-0.4, -0.2) is 75.4 Å². The Hall–Kier alpha value is -1.18. The molecule has 1 saturated heterocycles. The maximum atomic E-state index is 12.7. The van der Waals surface area contributed by atoms with E-state index in [0.717, 1.165) is 45.3 Å². The predicted molar refractivity (Wildman–Crippen MR) is 90.6 cm³/mol. The van der Waals surface area contributed by atoms with Gasteiger partial charge in [0.2, 0.25) is 11.8 Å². The summed E-state index contributed by atoms with van der Waals surface area (Å²) in [5, 5.41) is 6.32. The summed E-state index contributed by atoms with van der Waals surface area (Å²) in [6.07, 6.45) is 3.43. The fourth-order valence-corrected chi connectivity index (χ4v) is 3.46. The van der Waals surface area contributed by atoms with Gasteiger partial charge in [-0.1, -0.05) is 0 Å². The molecule has 2 amide bonds. The predicted octanol–water partition coefficient (Wildman–Crippen LogP) is 0.145. The van der Waals surface area contributed by atoms with E-state index in [4.69, 9.17) is 9.47 Å². The standard InChI is InChI=1S/C17H31N3O4/c1-13-11-18-7-8-20(13)17(22)14-3-5-15(6-4-14)19-16(21)12-24-10-9-23-2/h13-15,18H,3-12H2,1-2H3,(H,19,21)/t13-,14?,15?/m0/s1. The van der Waals surface area contributed by atoms with E-state index < -0.39 is 0 Å². The lowest BCUT2D eigenvalue weighted by Gasteiger charge is -2.38. The van der Waals surface area contributed by atoms with Crippen molar-refractivity contribution < 1.29 is 19.1 Å². The summed E-state index contributed by atoms with van der Waals surface area (Å²) in [6, 6.07) is 0.431. The van der Waals surface area contributed by atoms with E-state index in [9.17, 15) is 9.59 Å². The van der Waals surface area contributed by atoms with E-state index >= 15 is 0 Å². The number of nitrogens with zero attached hydrogens (tertiary/aromatic N) is 1. The van der Waals surface area contributed by atoms with Crippen LogP contribution in [0.25, 0.3) is 0 Å². The second-order valence-corrected chi connectivity index (χ2v) is 6.75. The van der Waals surface area contributed by atoms with Crippen molar-refractivity contribution in [3.05, 3.63) is 0 Å². The van der Waals surface area contributed by atoms with E-state index in [-0.39, 0.29) is 36.4 Å². The van der Waals surface area contributed by atoms with Gasteiger partial charge < -0.3 is 25.0 Å². The van der Waals surface area contributed by atoms with Crippen molar-refractivity contribution in [2.75, 3.05) is 46.6 Å². The van der Waals surface area contributed by atoms with Crippen LogP contribution in [0.15, 0.2) is 0 Å². The molecule has 0 aromatic rings. The lowest BCUT2D eigenvalue weighted by Crippen LogP contribution is -2.54. The molecule has 1 aliphatic carbocycles. The number of hydrogen-bond acceptors (Lipinski definition) is 5. The van der Waals surface area contributed by atoms with E-state index in [1.54, 1.807) is 7.11 Å². The molecule has 1 saturated carbocycles. The average molecular weight is 341 g/mol. The zero-order chi connectivity index (χ0) is 17.4. The molecule has 0 aromatic carbocycles. The fraction of sp³-hybridized carbons (Fsp3) is 0.882. The molecular formula is C17H31N3O4. The quantitative estimate of drug-likeness (QED) is 0.644. The van der Waals surface area contributed by atoms with Crippen LogP contribution in [0.1, 0.15) is 32.6 Å². The largest absolute Gasteiger partial charge is 0.382 e. The summed E-state index contributed by atoms with van der Waals surface area (Å²) in [6.45, 7) is 5.64. The molecule has 0 aromatic heterocycles. The van der Waals surface area contributed by atoms with Gasteiger partial charge in [0.25, 0.3) is 0 Å². The Morgan fingerprint density at radius 2 is 1.96 bits per heavy atom. The number of carbonyl (C=O) groups is 2. The monoisotopic (exact) mass is 341 g/mol. The minimum Gasteiger partial charge on any atom is -0.382 e. The number of carbonyl (C=O) groups excluding carboxylic acids is 2. The van der Waals surface area contributed by atoms with Gasteiger partial charge in [0.1, 0.15) is 6.61 Å². The van der Waals surface area contributed by atoms with Gasteiger partial charge in [-0.15, -0.1) is 0 Å². The normalized spacial score (nSPS) is 27.8. The first kappa shape index (κ1) is 19.1. The second-order valence-electron chi connectivity index (χ2n) is 6.75. The molecule has 2 rings (SSSR count). The minimum absolute atomic E-state index is 0.0700. The lowest BCUT2D eigenvalue weighted by molar-refractivity contribution is -0.139. The van der Waals surface area contributed by atoms with Crippen LogP contribution in [0.3, 0.4) is 0 Å². The summed E-state index contributed by atoms with van der Waals surface area (Å²) < 4.78 is 10.1. The Bertz CT molecular complexity index is 411.